The molecule has 0 radical (unpaired) electrons. The summed E-state index contributed by atoms with van der Waals surface area (Å²) in [4.78, 5) is 6.11. The molecule has 0 fully saturated rings. The number of rotatable bonds is 11. The molecule has 1 heterocycles. The minimum atomic E-state index is -2.83. The average Bonchev–Trinajstić information content (AvgIpc) is 2.67. The van der Waals surface area contributed by atoms with Crippen LogP contribution in [0.2, 0.25) is 118 Å². The van der Waals surface area contributed by atoms with Crippen molar-refractivity contribution in [3.05, 3.63) is 58.8 Å². The highest BCUT2D eigenvalue weighted by atomic mass is 28.4. The summed E-state index contributed by atoms with van der Waals surface area (Å²) in [6, 6.07) is 7.79. The quantitative estimate of drug-likeness (QED) is 0.185. The molecule has 1 N–H and O–H groups in total. The van der Waals surface area contributed by atoms with Gasteiger partial charge in [0, 0.05) is 48.4 Å². The van der Waals surface area contributed by atoms with Crippen LogP contribution in [0.25, 0.3) is 0 Å². The maximum atomic E-state index is 8.72. The van der Waals surface area contributed by atoms with E-state index in [2.05, 4.69) is 160 Å². The van der Waals surface area contributed by atoms with Gasteiger partial charge in [-0.25, -0.2) is 12.2 Å². The molecule has 40 heavy (non-hydrogen) atoms. The van der Waals surface area contributed by atoms with Gasteiger partial charge >= 0.3 is 0 Å². The molecule has 0 spiro atoms. The van der Waals surface area contributed by atoms with Crippen molar-refractivity contribution in [2.75, 3.05) is 0 Å². The summed E-state index contributed by atoms with van der Waals surface area (Å²) in [5.74, 6) is 0. The van der Waals surface area contributed by atoms with Crippen molar-refractivity contribution in [2.24, 2.45) is 0 Å². The molecule has 0 amide bonds. The average molecular weight is 663 g/mol. The first-order valence-electron chi connectivity index (χ1n) is 16.0. The van der Waals surface area contributed by atoms with Crippen LogP contribution in [0.1, 0.15) is 32.2 Å². The third-order valence-corrected chi connectivity index (χ3v) is 39.3. The predicted molar refractivity (Wildman–Crippen MR) is 205 cm³/mol. The van der Waals surface area contributed by atoms with Crippen molar-refractivity contribution in [2.45, 2.75) is 133 Å². The van der Waals surface area contributed by atoms with Gasteiger partial charge in [-0.05, 0) is 37.4 Å². The Balaban J connectivity index is 3.41. The predicted octanol–water partition coefficient (Wildman–Crippen LogP) is 9.76. The lowest BCUT2D eigenvalue weighted by Crippen LogP contribution is -2.59. The number of hydrogen-bond donors (Lipinski definition) is 1. The van der Waals surface area contributed by atoms with Crippen LogP contribution in [0.4, 0.5) is 0 Å². The van der Waals surface area contributed by atoms with Gasteiger partial charge in [0.25, 0.3) is 0 Å². The third kappa shape index (κ3) is 8.15. The zero-order valence-electron chi connectivity index (χ0n) is 30.7. The van der Waals surface area contributed by atoms with E-state index in [0.717, 1.165) is 0 Å². The monoisotopic (exact) mass is 662 g/mol. The summed E-state index contributed by atoms with van der Waals surface area (Å²) in [6.07, 6.45) is 6.46. The molecule has 2 rings (SSSR count). The van der Waals surface area contributed by atoms with Gasteiger partial charge in [-0.3, -0.25) is 0 Å². The normalized spacial score (nSPS) is 20.0. The van der Waals surface area contributed by atoms with Crippen LogP contribution >= 0.6 is 0 Å². The van der Waals surface area contributed by atoms with E-state index >= 15 is 0 Å². The van der Waals surface area contributed by atoms with E-state index in [0.29, 0.717) is 15.5 Å². The highest BCUT2D eigenvalue weighted by Crippen LogP contribution is 2.45. The minimum Gasteiger partial charge on any atom is -0.435 e. The van der Waals surface area contributed by atoms with Gasteiger partial charge in [0.15, 0.2) is 9.75 Å². The van der Waals surface area contributed by atoms with Gasteiger partial charge < -0.3 is 4.80 Å². The van der Waals surface area contributed by atoms with Crippen molar-refractivity contribution >= 4 is 61.9 Å². The Bertz CT molecular complexity index is 1040. The van der Waals surface area contributed by atoms with Gasteiger partial charge in [-0.1, -0.05) is 136 Å². The van der Waals surface area contributed by atoms with E-state index in [1.807, 2.05) is 0 Å². The van der Waals surface area contributed by atoms with E-state index in [1.165, 1.54) is 5.19 Å². The Labute approximate surface area is 259 Å². The third-order valence-electron chi connectivity index (χ3n) is 8.67. The summed E-state index contributed by atoms with van der Waals surface area (Å²) in [7, 11) is -12.5. The lowest BCUT2D eigenvalue weighted by molar-refractivity contribution is 0.575. The Morgan fingerprint density at radius 2 is 0.925 bits per heavy atom. The van der Waals surface area contributed by atoms with Crippen LogP contribution < -0.4 is 5.19 Å². The van der Waals surface area contributed by atoms with Crippen LogP contribution in [0.3, 0.4) is 0 Å². The molecular weight excluding hydrogens is 597 g/mol. The van der Waals surface area contributed by atoms with Gasteiger partial charge in [0.1, 0.15) is 0 Å². The molecule has 0 bridgehead atoms. The first-order valence-corrected chi connectivity index (χ1v) is 39.1. The molecule has 1 aliphatic heterocycles. The number of allylic oxidation sites excluding steroid dienone is 3. The Kier molecular flexibility index (Phi) is 9.95. The van der Waals surface area contributed by atoms with Gasteiger partial charge in [0.2, 0.25) is 0 Å². The van der Waals surface area contributed by atoms with Crippen LogP contribution in [0.15, 0.2) is 36.1 Å². The topological polar surface area (TPSA) is 20.2 Å². The fraction of sp³-hybridized carbons (Fsp3) is 0.656. The fourth-order valence-electron chi connectivity index (χ4n) is 9.23. The van der Waals surface area contributed by atoms with Gasteiger partial charge in [-0.2, -0.15) is 12.1 Å². The van der Waals surface area contributed by atoms with Crippen molar-refractivity contribution in [1.82, 2.24) is 0 Å². The van der Waals surface area contributed by atoms with E-state index in [4.69, 9.17) is 6.23 Å². The molecule has 1 aromatic carbocycles. The largest absolute Gasteiger partial charge is 0.435 e. The minimum absolute atomic E-state index is 0.601. The standard InChI is InChI=1S/C32H65OSi7/c1-34(2,3)30(35(4,5)6)26-24-27(31(36(7,8)9)37(10,11)12)29(40(33)22-20-19-21-23-40)28(25-26)32(38(13,14)15)39(16,17)18/h19-25,30-33H,1-18H3/q-1/i33D. The maximum Gasteiger partial charge on any atom is 0.193 e. The summed E-state index contributed by atoms with van der Waals surface area (Å²) in [5.41, 5.74) is 7.17. The summed E-state index contributed by atoms with van der Waals surface area (Å²) < 4.78 is 8.72. The Morgan fingerprint density at radius 3 is 1.18 bits per heavy atom. The molecule has 0 aliphatic carbocycles. The Hall–Kier alpha value is 0.0482. The molecular formula is C32H65OSi7-. The van der Waals surface area contributed by atoms with E-state index in [-0.39, 0.29) is 0 Å². The van der Waals surface area contributed by atoms with Crippen molar-refractivity contribution in [3.8, 4) is 0 Å². The summed E-state index contributed by atoms with van der Waals surface area (Å²) >= 11 is 0. The molecule has 1 aromatic rings. The Morgan fingerprint density at radius 1 is 0.575 bits per heavy atom. The highest BCUT2D eigenvalue weighted by Gasteiger charge is 2.48. The van der Waals surface area contributed by atoms with Crippen molar-refractivity contribution in [1.29, 1.82) is 1.43 Å². The SMILES string of the molecule is [2H]O[Si]1(c2c(C([Si](C)(C)C)[Si](C)(C)C)cc(C([Si](C)(C)C)[Si](C)(C)C)cc2C([Si](C)(C)C)[Si](C)(C)C)C=CC=C[CH-]1. The highest BCUT2D eigenvalue weighted by molar-refractivity contribution is 7.00. The smallest absolute Gasteiger partial charge is 0.193 e. The molecule has 0 aromatic heterocycles. The van der Waals surface area contributed by atoms with Crippen LogP contribution in [-0.4, -0.2) is 63.0 Å². The van der Waals surface area contributed by atoms with E-state index < -0.39 is 56.8 Å². The molecule has 1 nitrogen and oxygen atoms in total. The first-order chi connectivity index (χ1) is 18.1. The second kappa shape index (κ2) is 11.5. The molecule has 1 unspecified atom stereocenters. The zero-order chi connectivity index (χ0) is 32.2. The summed E-state index contributed by atoms with van der Waals surface area (Å²) in [6.45, 7) is 46.9. The van der Waals surface area contributed by atoms with Crippen LogP contribution in [0.5, 0.6) is 0 Å². The van der Waals surface area contributed by atoms with Gasteiger partial charge in [0.05, 0.1) is 0 Å². The van der Waals surface area contributed by atoms with E-state index in [9.17, 15) is 0 Å². The van der Waals surface area contributed by atoms with Crippen LogP contribution in [0, 0.1) is 6.04 Å². The lowest BCUT2D eigenvalue weighted by atomic mass is 10.1. The molecule has 1 aliphatic rings. The first kappa shape index (κ1) is 34.5. The van der Waals surface area contributed by atoms with E-state index in [1.54, 1.807) is 16.7 Å². The molecule has 1 atom stereocenters. The van der Waals surface area contributed by atoms with Crippen molar-refractivity contribution < 1.29 is 4.80 Å². The maximum absolute atomic E-state index is 8.72. The van der Waals surface area contributed by atoms with Gasteiger partial charge in [-0.15, -0.1) is 0 Å². The summed E-state index contributed by atoms with van der Waals surface area (Å²) in [5, 5.41) is 3.37. The molecule has 0 saturated heterocycles. The second-order valence-corrected chi connectivity index (χ2v) is 55.6. The zero-order valence-corrected chi connectivity index (χ0v) is 36.7. The fourth-order valence-corrected chi connectivity index (χ4v) is 50.5. The van der Waals surface area contributed by atoms with Crippen LogP contribution in [-0.2, 0) is 0 Å². The molecule has 228 valence electrons. The number of hydrogen-bond acceptors (Lipinski definition) is 1. The molecule has 8 heteroatoms. The van der Waals surface area contributed by atoms with Crippen molar-refractivity contribution in [3.63, 3.8) is 0 Å². The second-order valence-electron chi connectivity index (χ2n) is 19.3. The number of benzene rings is 1. The lowest BCUT2D eigenvalue weighted by Gasteiger charge is -2.48. The molecule has 0 saturated carbocycles.